The van der Waals surface area contributed by atoms with Crippen molar-refractivity contribution in [3.8, 4) is 11.5 Å². The number of rotatable bonds is 11. The highest BCUT2D eigenvalue weighted by Gasteiger charge is 2.28. The van der Waals surface area contributed by atoms with E-state index < -0.39 is 17.9 Å². The van der Waals surface area contributed by atoms with Crippen LogP contribution in [0.15, 0.2) is 35.4 Å². The Morgan fingerprint density at radius 3 is 2.12 bits per heavy atom. The van der Waals surface area contributed by atoms with Gasteiger partial charge in [-0.1, -0.05) is 31.6 Å². The van der Waals surface area contributed by atoms with Gasteiger partial charge in [0, 0.05) is 24.3 Å². The van der Waals surface area contributed by atoms with Crippen molar-refractivity contribution in [3.63, 3.8) is 0 Å². The van der Waals surface area contributed by atoms with E-state index in [1.807, 2.05) is 19.9 Å². The molecular formula is C26H36O6. The quantitative estimate of drug-likeness (QED) is 0.269. The highest BCUT2D eigenvalue weighted by Crippen LogP contribution is 2.31. The third-order valence-electron chi connectivity index (χ3n) is 5.68. The Labute approximate surface area is 190 Å². The predicted octanol–water partition coefficient (Wildman–Crippen LogP) is 4.09. The Bertz CT molecular complexity index is 922. The van der Waals surface area contributed by atoms with Gasteiger partial charge in [-0.2, -0.15) is 0 Å². The highest BCUT2D eigenvalue weighted by atomic mass is 16.3. The van der Waals surface area contributed by atoms with Crippen LogP contribution < -0.4 is 0 Å². The summed E-state index contributed by atoms with van der Waals surface area (Å²) in [4.78, 5) is 37.4. The summed E-state index contributed by atoms with van der Waals surface area (Å²) in [6, 6.07) is 2.60. The van der Waals surface area contributed by atoms with Gasteiger partial charge < -0.3 is 15.3 Å². The summed E-state index contributed by atoms with van der Waals surface area (Å²) >= 11 is 0. The summed E-state index contributed by atoms with van der Waals surface area (Å²) < 4.78 is 0. The summed E-state index contributed by atoms with van der Waals surface area (Å²) in [5, 5.41) is 29.7. The number of aliphatic hydroxyl groups is 1. The molecule has 0 aliphatic rings. The molecular weight excluding hydrogens is 408 g/mol. The molecule has 0 saturated carbocycles. The molecule has 0 aliphatic heterocycles. The first-order valence-corrected chi connectivity index (χ1v) is 10.9. The van der Waals surface area contributed by atoms with E-state index in [1.54, 1.807) is 33.8 Å². The molecule has 0 bridgehead atoms. The van der Waals surface area contributed by atoms with Crippen LogP contribution in [0.2, 0.25) is 0 Å². The fourth-order valence-electron chi connectivity index (χ4n) is 3.68. The van der Waals surface area contributed by atoms with Gasteiger partial charge in [-0.15, -0.1) is 0 Å². The van der Waals surface area contributed by atoms with Crippen molar-refractivity contribution in [2.45, 2.75) is 67.4 Å². The van der Waals surface area contributed by atoms with Crippen LogP contribution in [0.25, 0.3) is 0 Å². The van der Waals surface area contributed by atoms with Crippen molar-refractivity contribution < 1.29 is 29.7 Å². The highest BCUT2D eigenvalue weighted by molar-refractivity contribution is 6.10. The number of carbonyl (C=O) groups excluding carboxylic acids is 3. The Morgan fingerprint density at radius 1 is 1.00 bits per heavy atom. The lowest BCUT2D eigenvalue weighted by atomic mass is 9.84. The predicted molar refractivity (Wildman–Crippen MR) is 125 cm³/mol. The molecule has 0 aromatic heterocycles. The van der Waals surface area contributed by atoms with E-state index in [1.165, 1.54) is 19.1 Å². The van der Waals surface area contributed by atoms with Crippen LogP contribution in [0, 0.1) is 17.8 Å². The van der Waals surface area contributed by atoms with Crippen LogP contribution >= 0.6 is 0 Å². The average Bonchev–Trinajstić information content (AvgIpc) is 2.67. The Hall–Kier alpha value is -2.73. The molecule has 0 fully saturated rings. The standard InChI is InChI=1S/C26H36O6/c1-14(8-15(2)20(7)28)9-16(3)25(31)19(6)26(32)17(4)10-23-21(11-18(5)27)12-22(29)13-24(23)30/h8-9,12-13,15,17,19-20,28-30H,10-11H2,1-7H3/b14-8+,16-9+. The molecule has 1 rings (SSSR count). The smallest absolute Gasteiger partial charge is 0.168 e. The van der Waals surface area contributed by atoms with E-state index in [9.17, 15) is 29.7 Å². The van der Waals surface area contributed by atoms with Crippen molar-refractivity contribution in [1.29, 1.82) is 0 Å². The molecule has 176 valence electrons. The molecule has 4 unspecified atom stereocenters. The number of hydrogen-bond acceptors (Lipinski definition) is 6. The average molecular weight is 445 g/mol. The first kappa shape index (κ1) is 27.3. The lowest BCUT2D eigenvalue weighted by molar-refractivity contribution is -0.132. The summed E-state index contributed by atoms with van der Waals surface area (Å²) in [6.07, 6.45) is 3.27. The number of Topliss-reactive ketones (excluding diaryl/α,β-unsaturated/α-hetero) is 3. The van der Waals surface area contributed by atoms with Gasteiger partial charge in [0.05, 0.1) is 12.0 Å². The molecule has 0 radical (unpaired) electrons. The van der Waals surface area contributed by atoms with Crippen molar-refractivity contribution in [3.05, 3.63) is 46.6 Å². The van der Waals surface area contributed by atoms with Gasteiger partial charge in [-0.3, -0.25) is 14.4 Å². The summed E-state index contributed by atoms with van der Waals surface area (Å²) in [5.74, 6) is -2.50. The number of ketones is 3. The van der Waals surface area contributed by atoms with Gasteiger partial charge in [0.25, 0.3) is 0 Å². The van der Waals surface area contributed by atoms with Crippen LogP contribution in [0.3, 0.4) is 0 Å². The van der Waals surface area contributed by atoms with Gasteiger partial charge in [0.2, 0.25) is 0 Å². The lowest BCUT2D eigenvalue weighted by Crippen LogP contribution is -2.28. The van der Waals surface area contributed by atoms with Crippen LogP contribution in [0.5, 0.6) is 11.5 Å². The minimum atomic E-state index is -0.862. The SMILES string of the molecule is CC(=O)Cc1cc(O)cc(O)c1CC(C)C(=O)C(C)C(=O)/C(C)=C/C(C)=C/C(C)C(C)O. The molecule has 0 heterocycles. The lowest BCUT2D eigenvalue weighted by Gasteiger charge is -2.19. The number of carbonyl (C=O) groups is 3. The van der Waals surface area contributed by atoms with Gasteiger partial charge >= 0.3 is 0 Å². The van der Waals surface area contributed by atoms with Crippen molar-refractivity contribution in [2.24, 2.45) is 17.8 Å². The Balaban J connectivity index is 3.03. The zero-order valence-corrected chi connectivity index (χ0v) is 20.1. The maximum Gasteiger partial charge on any atom is 0.168 e. The number of benzene rings is 1. The second-order valence-corrected chi connectivity index (χ2v) is 8.91. The molecule has 1 aromatic rings. The van der Waals surface area contributed by atoms with Crippen molar-refractivity contribution in [1.82, 2.24) is 0 Å². The first-order chi connectivity index (χ1) is 14.7. The van der Waals surface area contributed by atoms with Gasteiger partial charge in [-0.25, -0.2) is 0 Å². The number of allylic oxidation sites excluding steroid dienone is 3. The molecule has 6 heteroatoms. The normalized spacial score (nSPS) is 16.2. The molecule has 3 N–H and O–H groups in total. The minimum absolute atomic E-state index is 0.0328. The Kier molecular flexibility index (Phi) is 10.0. The molecule has 0 spiro atoms. The summed E-state index contributed by atoms with van der Waals surface area (Å²) in [6.45, 7) is 11.8. The van der Waals surface area contributed by atoms with Crippen LogP contribution in [0.1, 0.15) is 59.6 Å². The van der Waals surface area contributed by atoms with E-state index in [4.69, 9.17) is 0 Å². The van der Waals surface area contributed by atoms with E-state index in [-0.39, 0.29) is 47.6 Å². The molecule has 32 heavy (non-hydrogen) atoms. The molecule has 4 atom stereocenters. The molecule has 6 nitrogen and oxygen atoms in total. The molecule has 0 saturated heterocycles. The van der Waals surface area contributed by atoms with Crippen LogP contribution in [0.4, 0.5) is 0 Å². The zero-order chi connectivity index (χ0) is 24.7. The van der Waals surface area contributed by atoms with Crippen molar-refractivity contribution >= 4 is 17.3 Å². The maximum atomic E-state index is 13.0. The zero-order valence-electron chi connectivity index (χ0n) is 20.1. The summed E-state index contributed by atoms with van der Waals surface area (Å²) in [5.41, 5.74) is 2.18. The second-order valence-electron chi connectivity index (χ2n) is 8.91. The van der Waals surface area contributed by atoms with E-state index >= 15 is 0 Å². The topological polar surface area (TPSA) is 112 Å². The fraction of sp³-hybridized carbons (Fsp3) is 0.500. The van der Waals surface area contributed by atoms with E-state index in [0.717, 1.165) is 5.57 Å². The van der Waals surface area contributed by atoms with Gasteiger partial charge in [-0.05, 0) is 63.8 Å². The monoisotopic (exact) mass is 444 g/mol. The maximum absolute atomic E-state index is 13.0. The largest absolute Gasteiger partial charge is 0.508 e. The molecule has 0 aliphatic carbocycles. The second kappa shape index (κ2) is 11.8. The fourth-order valence-corrected chi connectivity index (χ4v) is 3.68. The van der Waals surface area contributed by atoms with Crippen LogP contribution in [-0.4, -0.2) is 38.8 Å². The third-order valence-corrected chi connectivity index (χ3v) is 5.68. The number of aliphatic hydroxyl groups excluding tert-OH is 1. The van der Waals surface area contributed by atoms with E-state index in [0.29, 0.717) is 16.7 Å². The molecule has 0 amide bonds. The first-order valence-electron chi connectivity index (χ1n) is 10.9. The van der Waals surface area contributed by atoms with Gasteiger partial charge in [0.15, 0.2) is 5.78 Å². The number of phenols is 2. The number of phenolic OH excluding ortho intramolecular Hbond substituents is 2. The number of aromatic hydroxyl groups is 2. The van der Waals surface area contributed by atoms with Crippen LogP contribution in [-0.2, 0) is 27.2 Å². The molecule has 1 aromatic carbocycles. The third kappa shape index (κ3) is 7.75. The number of hydrogen-bond donors (Lipinski definition) is 3. The van der Waals surface area contributed by atoms with Crippen molar-refractivity contribution in [2.75, 3.05) is 0 Å². The van der Waals surface area contributed by atoms with Gasteiger partial charge in [0.1, 0.15) is 23.1 Å². The van der Waals surface area contributed by atoms with E-state index in [2.05, 4.69) is 0 Å². The summed E-state index contributed by atoms with van der Waals surface area (Å²) in [7, 11) is 0. The minimum Gasteiger partial charge on any atom is -0.508 e. The Morgan fingerprint density at radius 2 is 1.59 bits per heavy atom.